The first-order valence-corrected chi connectivity index (χ1v) is 5.86. The number of aromatic nitrogens is 1. The molecule has 0 aliphatic carbocycles. The first-order chi connectivity index (χ1) is 9.81. The molecule has 0 saturated carbocycles. The highest BCUT2D eigenvalue weighted by molar-refractivity contribution is 5.62. The van der Waals surface area contributed by atoms with E-state index in [4.69, 9.17) is 5.84 Å². The maximum Gasteiger partial charge on any atom is 0.416 e. The Morgan fingerprint density at radius 3 is 2.29 bits per heavy atom. The van der Waals surface area contributed by atoms with Crippen molar-refractivity contribution in [1.29, 1.82) is 0 Å². The lowest BCUT2D eigenvalue weighted by atomic mass is 10.2. The van der Waals surface area contributed by atoms with Gasteiger partial charge in [-0.1, -0.05) is 0 Å². The van der Waals surface area contributed by atoms with Crippen LogP contribution in [0.25, 0.3) is 0 Å². The average Bonchev–Trinajstić information content (AvgIpc) is 2.46. The molecule has 21 heavy (non-hydrogen) atoms. The Morgan fingerprint density at radius 2 is 1.76 bits per heavy atom. The van der Waals surface area contributed by atoms with Crippen LogP contribution in [-0.4, -0.2) is 12.0 Å². The summed E-state index contributed by atoms with van der Waals surface area (Å²) >= 11 is 0. The van der Waals surface area contributed by atoms with Crippen LogP contribution in [0.5, 0.6) is 0 Å². The average molecular weight is 300 g/mol. The van der Waals surface area contributed by atoms with Gasteiger partial charge in [-0.15, -0.1) is 0 Å². The van der Waals surface area contributed by atoms with Crippen molar-refractivity contribution in [3.63, 3.8) is 0 Å². The minimum atomic E-state index is -4.52. The van der Waals surface area contributed by atoms with Gasteiger partial charge >= 0.3 is 6.18 Å². The van der Waals surface area contributed by atoms with Crippen LogP contribution in [0.3, 0.4) is 0 Å². The zero-order valence-corrected chi connectivity index (χ0v) is 10.9. The Bertz CT molecular complexity index is 625. The molecule has 1 aromatic carbocycles. The Hall–Kier alpha value is -2.35. The number of alkyl halides is 3. The monoisotopic (exact) mass is 300 g/mol. The molecule has 0 fully saturated rings. The summed E-state index contributed by atoms with van der Waals surface area (Å²) in [5.41, 5.74) is 1.71. The molecule has 0 saturated heterocycles. The molecule has 0 aliphatic rings. The maximum atomic E-state index is 12.9. The number of pyridine rings is 1. The van der Waals surface area contributed by atoms with Crippen molar-refractivity contribution in [1.82, 2.24) is 4.98 Å². The summed E-state index contributed by atoms with van der Waals surface area (Å²) in [6.45, 7) is 0. The number of hydrogen-bond acceptors (Lipinski definition) is 4. The minimum Gasteiger partial charge on any atom is -0.329 e. The van der Waals surface area contributed by atoms with E-state index in [1.54, 1.807) is 0 Å². The van der Waals surface area contributed by atoms with Gasteiger partial charge in [0.15, 0.2) is 0 Å². The lowest BCUT2D eigenvalue weighted by molar-refractivity contribution is -0.137. The molecular formula is C13H12F4N4. The lowest BCUT2D eigenvalue weighted by Gasteiger charge is -2.20. The lowest BCUT2D eigenvalue weighted by Crippen LogP contribution is -2.17. The van der Waals surface area contributed by atoms with E-state index in [2.05, 4.69) is 10.4 Å². The van der Waals surface area contributed by atoms with E-state index in [0.29, 0.717) is 5.69 Å². The van der Waals surface area contributed by atoms with Crippen molar-refractivity contribution in [2.75, 3.05) is 17.4 Å². The summed E-state index contributed by atoms with van der Waals surface area (Å²) in [7, 11) is 1.52. The van der Waals surface area contributed by atoms with E-state index in [1.165, 1.54) is 36.2 Å². The molecule has 1 heterocycles. The van der Waals surface area contributed by atoms with Gasteiger partial charge in [-0.3, -0.25) is 0 Å². The van der Waals surface area contributed by atoms with Crippen LogP contribution in [0.1, 0.15) is 5.56 Å². The van der Waals surface area contributed by atoms with Crippen LogP contribution in [0.15, 0.2) is 36.4 Å². The number of nitrogens with zero attached hydrogens (tertiary/aromatic N) is 2. The van der Waals surface area contributed by atoms with Gasteiger partial charge in [0.25, 0.3) is 0 Å². The summed E-state index contributed by atoms with van der Waals surface area (Å²) in [5, 5.41) is 0. The molecule has 4 nitrogen and oxygen atoms in total. The summed E-state index contributed by atoms with van der Waals surface area (Å²) in [6, 6.07) is 6.99. The topological polar surface area (TPSA) is 54.2 Å². The van der Waals surface area contributed by atoms with Gasteiger partial charge in [-0.2, -0.15) is 13.2 Å². The highest BCUT2D eigenvalue weighted by atomic mass is 19.4. The Morgan fingerprint density at radius 1 is 1.14 bits per heavy atom. The molecule has 0 atom stereocenters. The van der Waals surface area contributed by atoms with Crippen molar-refractivity contribution in [3.8, 4) is 0 Å². The molecule has 0 radical (unpaired) electrons. The number of nitrogens with two attached hydrogens (primary N) is 1. The fraction of sp³-hybridized carbons (Fsp3) is 0.154. The number of nitrogen functional groups attached to an aromatic ring is 1. The number of anilines is 3. The molecular weight excluding hydrogens is 288 g/mol. The Kier molecular flexibility index (Phi) is 3.99. The van der Waals surface area contributed by atoms with Crippen LogP contribution in [0, 0.1) is 5.82 Å². The van der Waals surface area contributed by atoms with Crippen LogP contribution < -0.4 is 16.2 Å². The predicted molar refractivity (Wildman–Crippen MR) is 71.5 cm³/mol. The predicted octanol–water partition coefficient (Wildman–Crippen LogP) is 3.29. The zero-order valence-electron chi connectivity index (χ0n) is 10.9. The Balaban J connectivity index is 2.45. The molecule has 1 aromatic heterocycles. The van der Waals surface area contributed by atoms with Crippen molar-refractivity contribution >= 4 is 17.3 Å². The van der Waals surface area contributed by atoms with Crippen molar-refractivity contribution in [3.05, 3.63) is 47.8 Å². The van der Waals surface area contributed by atoms with Gasteiger partial charge in [-0.25, -0.2) is 15.2 Å². The number of nitrogens with one attached hydrogen (secondary N) is 1. The molecule has 3 N–H and O–H groups in total. The summed E-state index contributed by atoms with van der Waals surface area (Å²) in [6.07, 6.45) is -4.52. The first kappa shape index (κ1) is 15.0. The van der Waals surface area contributed by atoms with Crippen LogP contribution >= 0.6 is 0 Å². The highest BCUT2D eigenvalue weighted by Gasteiger charge is 2.32. The smallest absolute Gasteiger partial charge is 0.329 e. The molecule has 0 bridgehead atoms. The second kappa shape index (κ2) is 5.57. The normalized spacial score (nSPS) is 11.3. The molecule has 2 rings (SSSR count). The van der Waals surface area contributed by atoms with E-state index in [-0.39, 0.29) is 11.6 Å². The molecule has 0 amide bonds. The van der Waals surface area contributed by atoms with Gasteiger partial charge in [0.1, 0.15) is 17.5 Å². The van der Waals surface area contributed by atoms with Crippen molar-refractivity contribution in [2.24, 2.45) is 5.84 Å². The second-order valence-corrected chi connectivity index (χ2v) is 4.28. The fourth-order valence-corrected chi connectivity index (χ4v) is 1.72. The fourth-order valence-electron chi connectivity index (χ4n) is 1.72. The molecule has 2 aromatic rings. The van der Waals surface area contributed by atoms with E-state index >= 15 is 0 Å². The van der Waals surface area contributed by atoms with Gasteiger partial charge in [0, 0.05) is 12.7 Å². The number of hydrogen-bond donors (Lipinski definition) is 2. The van der Waals surface area contributed by atoms with Gasteiger partial charge in [0.05, 0.1) is 5.56 Å². The molecule has 112 valence electrons. The molecule has 8 heteroatoms. The van der Waals surface area contributed by atoms with Gasteiger partial charge < -0.3 is 10.3 Å². The van der Waals surface area contributed by atoms with Gasteiger partial charge in [-0.05, 0) is 36.4 Å². The largest absolute Gasteiger partial charge is 0.416 e. The number of benzene rings is 1. The highest BCUT2D eigenvalue weighted by Crippen LogP contribution is 2.34. The molecule has 0 unspecified atom stereocenters. The second-order valence-electron chi connectivity index (χ2n) is 4.28. The standard InChI is InChI=1S/C13H12F4N4/c1-21(10-4-2-9(14)3-5-10)12-7-8(13(15,16)17)6-11(19-12)20-18/h2-7H,18H2,1H3,(H,19,20). The quantitative estimate of drug-likeness (QED) is 0.519. The first-order valence-electron chi connectivity index (χ1n) is 5.86. The van der Waals surface area contributed by atoms with Crippen LogP contribution in [0.2, 0.25) is 0 Å². The van der Waals surface area contributed by atoms with Crippen molar-refractivity contribution in [2.45, 2.75) is 6.18 Å². The zero-order chi connectivity index (χ0) is 15.6. The molecule has 0 spiro atoms. The third-order valence-corrected chi connectivity index (χ3v) is 2.84. The third-order valence-electron chi connectivity index (χ3n) is 2.84. The number of halogens is 4. The molecule has 0 aliphatic heterocycles. The summed E-state index contributed by atoms with van der Waals surface area (Å²) in [5.74, 6) is 4.62. The van der Waals surface area contributed by atoms with Crippen LogP contribution in [0.4, 0.5) is 34.9 Å². The summed E-state index contributed by atoms with van der Waals surface area (Å²) < 4.78 is 51.4. The SMILES string of the molecule is CN(c1ccc(F)cc1)c1cc(C(F)(F)F)cc(NN)n1. The number of rotatable bonds is 3. The third kappa shape index (κ3) is 3.40. The number of hydrazine groups is 1. The van der Waals surface area contributed by atoms with E-state index in [0.717, 1.165) is 12.1 Å². The van der Waals surface area contributed by atoms with Gasteiger partial charge in [0.2, 0.25) is 0 Å². The van der Waals surface area contributed by atoms with E-state index in [9.17, 15) is 17.6 Å². The van der Waals surface area contributed by atoms with Crippen molar-refractivity contribution < 1.29 is 17.6 Å². The van der Waals surface area contributed by atoms with Crippen LogP contribution in [-0.2, 0) is 6.18 Å². The Labute approximate surface area is 118 Å². The maximum absolute atomic E-state index is 12.9. The van der Waals surface area contributed by atoms with E-state index < -0.39 is 17.6 Å². The minimum absolute atomic E-state index is 0.0318. The summed E-state index contributed by atoms with van der Waals surface area (Å²) in [4.78, 5) is 5.36. The van der Waals surface area contributed by atoms with E-state index in [1.807, 2.05) is 0 Å².